The number of nitrogens with two attached hydrogens (primary N) is 1. The highest BCUT2D eigenvalue weighted by Gasteiger charge is 2.42. The van der Waals surface area contributed by atoms with Crippen molar-refractivity contribution >= 4 is 0 Å². The fourth-order valence-electron chi connectivity index (χ4n) is 2.79. The molecule has 6 nitrogen and oxygen atoms in total. The van der Waals surface area contributed by atoms with E-state index >= 15 is 0 Å². The first-order chi connectivity index (χ1) is 9.16. The molecular formula is C13H24N4O2. The first kappa shape index (κ1) is 14.3. The standard InChI is InChI=1S/C13H24N4O2/c1-4-7-17-11(10(18-3)9-15-17)12(16-14)13(2)6-5-8-19-13/h9,12,16H,4-8,14H2,1-3H3. The molecule has 1 fully saturated rings. The van der Waals surface area contributed by atoms with Crippen molar-refractivity contribution in [2.75, 3.05) is 13.7 Å². The maximum absolute atomic E-state index is 5.91. The van der Waals surface area contributed by atoms with Crippen LogP contribution in [0.2, 0.25) is 0 Å². The molecule has 2 atom stereocenters. The predicted octanol–water partition coefficient (Wildman–Crippen LogP) is 1.38. The van der Waals surface area contributed by atoms with E-state index in [1.807, 2.05) is 4.68 Å². The SMILES string of the molecule is CCCn1ncc(OC)c1C(NN)C1(C)CCCO1. The summed E-state index contributed by atoms with van der Waals surface area (Å²) < 4.78 is 13.3. The second-order valence-electron chi connectivity index (χ2n) is 5.19. The molecule has 1 aromatic heterocycles. The van der Waals surface area contributed by atoms with Crippen molar-refractivity contribution in [2.24, 2.45) is 5.84 Å². The lowest BCUT2D eigenvalue weighted by molar-refractivity contribution is -0.0155. The van der Waals surface area contributed by atoms with Crippen LogP contribution in [0.3, 0.4) is 0 Å². The van der Waals surface area contributed by atoms with E-state index in [1.165, 1.54) is 0 Å². The summed E-state index contributed by atoms with van der Waals surface area (Å²) in [5.74, 6) is 6.55. The number of hydrogen-bond donors (Lipinski definition) is 2. The topological polar surface area (TPSA) is 74.3 Å². The van der Waals surface area contributed by atoms with E-state index in [0.717, 1.165) is 43.9 Å². The van der Waals surface area contributed by atoms with E-state index < -0.39 is 0 Å². The molecule has 0 saturated carbocycles. The molecule has 0 aromatic carbocycles. The van der Waals surface area contributed by atoms with Crippen LogP contribution < -0.4 is 16.0 Å². The minimum Gasteiger partial charge on any atom is -0.493 e. The van der Waals surface area contributed by atoms with Gasteiger partial charge < -0.3 is 9.47 Å². The molecule has 0 bridgehead atoms. The molecule has 1 aromatic rings. The monoisotopic (exact) mass is 268 g/mol. The summed E-state index contributed by atoms with van der Waals surface area (Å²) in [6.07, 6.45) is 4.78. The number of aryl methyl sites for hydroxylation is 1. The highest BCUT2D eigenvalue weighted by molar-refractivity contribution is 5.30. The molecule has 2 heterocycles. The molecule has 3 N–H and O–H groups in total. The van der Waals surface area contributed by atoms with E-state index in [1.54, 1.807) is 13.3 Å². The Balaban J connectivity index is 2.38. The van der Waals surface area contributed by atoms with Crippen LogP contribution in [-0.2, 0) is 11.3 Å². The molecule has 1 aliphatic rings. The second kappa shape index (κ2) is 5.90. The van der Waals surface area contributed by atoms with Gasteiger partial charge in [-0.25, -0.2) is 5.43 Å². The van der Waals surface area contributed by atoms with Crippen molar-refractivity contribution < 1.29 is 9.47 Å². The lowest BCUT2D eigenvalue weighted by Gasteiger charge is -2.33. The quantitative estimate of drug-likeness (QED) is 0.602. The number of nitrogens with one attached hydrogen (secondary N) is 1. The lowest BCUT2D eigenvalue weighted by atomic mass is 9.90. The summed E-state index contributed by atoms with van der Waals surface area (Å²) in [5.41, 5.74) is 3.55. The van der Waals surface area contributed by atoms with Crippen molar-refractivity contribution in [2.45, 2.75) is 51.3 Å². The number of rotatable bonds is 6. The third-order valence-electron chi connectivity index (χ3n) is 3.80. The van der Waals surface area contributed by atoms with Crippen molar-refractivity contribution in [3.63, 3.8) is 0 Å². The van der Waals surface area contributed by atoms with E-state index in [9.17, 15) is 0 Å². The summed E-state index contributed by atoms with van der Waals surface area (Å²) >= 11 is 0. The molecule has 0 amide bonds. The van der Waals surface area contributed by atoms with Crippen LogP contribution in [0.5, 0.6) is 5.75 Å². The maximum Gasteiger partial charge on any atom is 0.161 e. The highest BCUT2D eigenvalue weighted by atomic mass is 16.5. The Morgan fingerprint density at radius 2 is 2.47 bits per heavy atom. The zero-order valence-corrected chi connectivity index (χ0v) is 12.0. The summed E-state index contributed by atoms with van der Waals surface area (Å²) in [6.45, 7) is 5.83. The number of aromatic nitrogens is 2. The minimum absolute atomic E-state index is 0.126. The zero-order chi connectivity index (χ0) is 13.9. The van der Waals surface area contributed by atoms with Gasteiger partial charge in [0.2, 0.25) is 0 Å². The van der Waals surface area contributed by atoms with Crippen molar-refractivity contribution in [3.05, 3.63) is 11.9 Å². The second-order valence-corrected chi connectivity index (χ2v) is 5.19. The molecule has 108 valence electrons. The van der Waals surface area contributed by atoms with Gasteiger partial charge in [-0.2, -0.15) is 5.10 Å². The van der Waals surface area contributed by atoms with Crippen molar-refractivity contribution in [1.82, 2.24) is 15.2 Å². The van der Waals surface area contributed by atoms with Gasteiger partial charge in [-0.1, -0.05) is 6.92 Å². The number of ether oxygens (including phenoxy) is 2. The third-order valence-corrected chi connectivity index (χ3v) is 3.80. The van der Waals surface area contributed by atoms with Crippen LogP contribution in [-0.4, -0.2) is 29.1 Å². The summed E-state index contributed by atoms with van der Waals surface area (Å²) in [6, 6.07) is -0.126. The Bertz CT molecular complexity index is 413. The minimum atomic E-state index is -0.312. The zero-order valence-electron chi connectivity index (χ0n) is 12.0. The molecule has 0 radical (unpaired) electrons. The normalized spacial score (nSPS) is 24.6. The Morgan fingerprint density at radius 1 is 1.68 bits per heavy atom. The number of hydrogen-bond acceptors (Lipinski definition) is 5. The van der Waals surface area contributed by atoms with Crippen molar-refractivity contribution in [1.29, 1.82) is 0 Å². The van der Waals surface area contributed by atoms with Gasteiger partial charge in [0.05, 0.1) is 24.9 Å². The highest BCUT2D eigenvalue weighted by Crippen LogP contribution is 2.40. The van der Waals surface area contributed by atoms with Crippen molar-refractivity contribution in [3.8, 4) is 5.75 Å². The average molecular weight is 268 g/mol. The van der Waals surface area contributed by atoms with Gasteiger partial charge >= 0.3 is 0 Å². The van der Waals surface area contributed by atoms with Gasteiger partial charge in [-0.15, -0.1) is 0 Å². The Labute approximate surface area is 114 Å². The van der Waals surface area contributed by atoms with Crippen LogP contribution >= 0.6 is 0 Å². The molecule has 0 spiro atoms. The van der Waals surface area contributed by atoms with Gasteiger partial charge in [0.15, 0.2) is 5.75 Å². The molecule has 6 heteroatoms. The van der Waals surface area contributed by atoms with E-state index in [0.29, 0.717) is 0 Å². The Morgan fingerprint density at radius 3 is 3.00 bits per heavy atom. The summed E-state index contributed by atoms with van der Waals surface area (Å²) in [5, 5.41) is 4.39. The Kier molecular flexibility index (Phi) is 4.44. The van der Waals surface area contributed by atoms with Gasteiger partial charge in [0.1, 0.15) is 5.69 Å². The van der Waals surface area contributed by atoms with Gasteiger partial charge in [-0.3, -0.25) is 10.5 Å². The third kappa shape index (κ3) is 2.61. The van der Waals surface area contributed by atoms with E-state index in [4.69, 9.17) is 15.3 Å². The van der Waals surface area contributed by atoms with Crippen LogP contribution in [0.25, 0.3) is 0 Å². The smallest absolute Gasteiger partial charge is 0.161 e. The molecule has 2 rings (SSSR count). The van der Waals surface area contributed by atoms with Crippen LogP contribution in [0.4, 0.5) is 0 Å². The lowest BCUT2D eigenvalue weighted by Crippen LogP contribution is -2.45. The van der Waals surface area contributed by atoms with Gasteiger partial charge in [0, 0.05) is 13.2 Å². The Hall–Kier alpha value is -1.11. The average Bonchev–Trinajstić information content (AvgIpc) is 2.99. The predicted molar refractivity (Wildman–Crippen MR) is 72.7 cm³/mol. The molecule has 2 unspecified atom stereocenters. The first-order valence-corrected chi connectivity index (χ1v) is 6.86. The molecular weight excluding hydrogens is 244 g/mol. The van der Waals surface area contributed by atoms with Crippen LogP contribution in [0, 0.1) is 0 Å². The van der Waals surface area contributed by atoms with E-state index in [-0.39, 0.29) is 11.6 Å². The van der Waals surface area contributed by atoms with Crippen LogP contribution in [0.15, 0.2) is 6.20 Å². The molecule has 19 heavy (non-hydrogen) atoms. The number of methoxy groups -OCH3 is 1. The van der Waals surface area contributed by atoms with Gasteiger partial charge in [-0.05, 0) is 26.2 Å². The molecule has 1 aliphatic heterocycles. The molecule has 0 aliphatic carbocycles. The fourth-order valence-corrected chi connectivity index (χ4v) is 2.79. The fraction of sp³-hybridized carbons (Fsp3) is 0.769. The number of nitrogens with zero attached hydrogens (tertiary/aromatic N) is 2. The first-order valence-electron chi connectivity index (χ1n) is 6.86. The van der Waals surface area contributed by atoms with E-state index in [2.05, 4.69) is 24.4 Å². The molecule has 1 saturated heterocycles. The number of hydrazine groups is 1. The van der Waals surface area contributed by atoms with Gasteiger partial charge in [0.25, 0.3) is 0 Å². The summed E-state index contributed by atoms with van der Waals surface area (Å²) in [4.78, 5) is 0. The van der Waals surface area contributed by atoms with Crippen LogP contribution in [0.1, 0.15) is 44.8 Å². The largest absolute Gasteiger partial charge is 0.493 e. The maximum atomic E-state index is 5.91. The summed E-state index contributed by atoms with van der Waals surface area (Å²) in [7, 11) is 1.65.